The molecule has 0 rings (SSSR count). The molecule has 0 aromatic carbocycles. The normalized spacial score (nSPS) is 4.80. The molecule has 0 saturated heterocycles. The Morgan fingerprint density at radius 3 is 1.40 bits per heavy atom. The molecule has 0 atom stereocenters. The monoisotopic (exact) mass is 234 g/mol. The zero-order valence-electron chi connectivity index (χ0n) is 1.99. The van der Waals surface area contributed by atoms with Crippen molar-refractivity contribution < 1.29 is 61.9 Å². The number of hydrogen-bond acceptors (Lipinski definition) is 3. The summed E-state index contributed by atoms with van der Waals surface area (Å²) >= 11 is 0. The molecule has 0 aliphatic heterocycles. The molecule has 3 nitrogen and oxygen atoms in total. The van der Waals surface area contributed by atoms with Gasteiger partial charge in [0.2, 0.25) is 0 Å². The van der Waals surface area contributed by atoms with Crippen molar-refractivity contribution in [3.63, 3.8) is 0 Å². The van der Waals surface area contributed by atoms with Crippen molar-refractivity contribution in [2.75, 3.05) is 0 Å². The average molecular weight is 233 g/mol. The summed E-state index contributed by atoms with van der Waals surface area (Å²) in [4.78, 5) is 8.33. The molecular weight excluding hydrogens is 233 g/mol. The Bertz CT molecular complexity index is 29.9. The molecule has 0 fully saturated rings. The number of carbonyl (C=O) groups excluding carboxylic acids is 1. The van der Waals surface area contributed by atoms with Crippen molar-refractivity contribution in [3.05, 3.63) is 0 Å². The van der Waals surface area contributed by atoms with Gasteiger partial charge in [0.1, 0.15) is 0 Å². The first-order valence-electron chi connectivity index (χ1n) is 0.612. The maximum atomic E-state index is 8.33. The van der Waals surface area contributed by atoms with E-state index < -0.39 is 6.16 Å². The van der Waals surface area contributed by atoms with E-state index in [2.05, 4.69) is 0 Å². The van der Waals surface area contributed by atoms with Crippen molar-refractivity contribution in [1.82, 2.24) is 0 Å². The summed E-state index contributed by atoms with van der Waals surface area (Å²) in [5, 5.41) is 16.7. The standard InChI is InChI=1S/CH2O3.Yb/c2-1(3)4;/h(H2,2,3,4);/q;+2/p-2. The van der Waals surface area contributed by atoms with E-state index in [0.29, 0.717) is 0 Å². The third-order valence-electron chi connectivity index (χ3n) is 0. The van der Waals surface area contributed by atoms with Crippen LogP contribution < -0.4 is 10.2 Å². The van der Waals surface area contributed by atoms with Gasteiger partial charge in [-0.05, 0) is 6.16 Å². The molecule has 0 bridgehead atoms. The first-order valence-corrected chi connectivity index (χ1v) is 0.612. The van der Waals surface area contributed by atoms with Crippen LogP contribution in [0.15, 0.2) is 0 Å². The van der Waals surface area contributed by atoms with E-state index in [1.54, 1.807) is 0 Å². The SMILES string of the molecule is O=C([O-])[O-].[Yb+2]. The molecule has 36 valence electrons. The first-order chi connectivity index (χ1) is 1.73. The smallest absolute Gasteiger partial charge is 0.652 e. The van der Waals surface area contributed by atoms with E-state index in [-0.39, 0.29) is 46.9 Å². The Balaban J connectivity index is 0. The van der Waals surface area contributed by atoms with Crippen molar-refractivity contribution in [1.29, 1.82) is 0 Å². The minimum Gasteiger partial charge on any atom is -0.652 e. The fourth-order valence-corrected chi connectivity index (χ4v) is 0. The van der Waals surface area contributed by atoms with Gasteiger partial charge in [0.15, 0.2) is 0 Å². The molecule has 0 spiro atoms. The average Bonchev–Trinajstić information content (AvgIpc) is 0.811. The second-order valence-electron chi connectivity index (χ2n) is 0.250. The van der Waals surface area contributed by atoms with Crippen LogP contribution in [0.25, 0.3) is 0 Å². The number of carbonyl (C=O) groups is 1. The molecule has 0 N–H and O–H groups in total. The summed E-state index contributed by atoms with van der Waals surface area (Å²) in [5.41, 5.74) is 0. The van der Waals surface area contributed by atoms with E-state index in [0.717, 1.165) is 0 Å². The van der Waals surface area contributed by atoms with Crippen LogP contribution in [0.1, 0.15) is 0 Å². The Labute approximate surface area is 67.2 Å². The Morgan fingerprint density at radius 2 is 1.40 bits per heavy atom. The van der Waals surface area contributed by atoms with E-state index in [9.17, 15) is 0 Å². The molecule has 0 aliphatic rings. The fourth-order valence-electron chi connectivity index (χ4n) is 0. The van der Waals surface area contributed by atoms with Gasteiger partial charge < -0.3 is 15.0 Å². The Hall–Kier alpha value is 0.789. The maximum Gasteiger partial charge on any atom is 2.00 e. The van der Waals surface area contributed by atoms with Crippen LogP contribution in [0.4, 0.5) is 4.79 Å². The third-order valence-corrected chi connectivity index (χ3v) is 0. The molecule has 0 saturated carbocycles. The molecule has 0 unspecified atom stereocenters. The van der Waals surface area contributed by atoms with Gasteiger partial charge in [-0.25, -0.2) is 0 Å². The van der Waals surface area contributed by atoms with Crippen molar-refractivity contribution in [2.45, 2.75) is 0 Å². The number of hydrogen-bond donors (Lipinski definition) is 0. The molecule has 0 radical (unpaired) electrons. The topological polar surface area (TPSA) is 63.2 Å². The fraction of sp³-hybridized carbons (Fsp3) is 0. The predicted molar refractivity (Wildman–Crippen MR) is 5.40 cm³/mol. The van der Waals surface area contributed by atoms with Gasteiger partial charge in [0.05, 0.1) is 0 Å². The molecule has 0 aromatic rings. The van der Waals surface area contributed by atoms with Gasteiger partial charge >= 0.3 is 46.9 Å². The summed E-state index contributed by atoms with van der Waals surface area (Å²) in [7, 11) is 0. The summed E-state index contributed by atoms with van der Waals surface area (Å²) in [6.07, 6.45) is -2.33. The number of rotatable bonds is 0. The maximum absolute atomic E-state index is 8.33. The van der Waals surface area contributed by atoms with Crippen molar-refractivity contribution >= 4 is 6.16 Å². The second-order valence-corrected chi connectivity index (χ2v) is 0.250. The van der Waals surface area contributed by atoms with Gasteiger partial charge in [-0.2, -0.15) is 0 Å². The minimum absolute atomic E-state index is 0. The third kappa shape index (κ3) is 59.8. The molecule has 0 heterocycles. The van der Waals surface area contributed by atoms with Crippen LogP contribution in [-0.4, -0.2) is 6.16 Å². The zero-order chi connectivity index (χ0) is 3.58. The Morgan fingerprint density at radius 1 is 1.40 bits per heavy atom. The van der Waals surface area contributed by atoms with Crippen molar-refractivity contribution in [3.8, 4) is 0 Å². The van der Waals surface area contributed by atoms with E-state index in [1.165, 1.54) is 0 Å². The van der Waals surface area contributed by atoms with Gasteiger partial charge in [0.25, 0.3) is 0 Å². The molecular formula is CO3Yb. The van der Waals surface area contributed by atoms with Crippen LogP contribution >= 0.6 is 0 Å². The molecule has 5 heavy (non-hydrogen) atoms. The zero-order valence-corrected chi connectivity index (χ0v) is 3.71. The molecule has 0 aliphatic carbocycles. The summed E-state index contributed by atoms with van der Waals surface area (Å²) in [5.74, 6) is 0. The quantitative estimate of drug-likeness (QED) is 0.466. The van der Waals surface area contributed by atoms with Crippen LogP contribution in [0.5, 0.6) is 0 Å². The van der Waals surface area contributed by atoms with Crippen LogP contribution in [0.2, 0.25) is 0 Å². The molecule has 4 heteroatoms. The first kappa shape index (κ1) is 9.25. The summed E-state index contributed by atoms with van der Waals surface area (Å²) < 4.78 is 0. The van der Waals surface area contributed by atoms with E-state index in [4.69, 9.17) is 15.0 Å². The van der Waals surface area contributed by atoms with E-state index in [1.807, 2.05) is 0 Å². The van der Waals surface area contributed by atoms with Crippen LogP contribution in [0.3, 0.4) is 0 Å². The van der Waals surface area contributed by atoms with Gasteiger partial charge in [0, 0.05) is 0 Å². The number of carboxylic acid groups (broad SMARTS) is 2. The summed E-state index contributed by atoms with van der Waals surface area (Å²) in [6.45, 7) is 0. The van der Waals surface area contributed by atoms with Crippen molar-refractivity contribution in [2.24, 2.45) is 0 Å². The van der Waals surface area contributed by atoms with Gasteiger partial charge in [-0.1, -0.05) is 0 Å². The molecule has 0 amide bonds. The van der Waals surface area contributed by atoms with Crippen LogP contribution in [-0.2, 0) is 0 Å². The Kier molecular flexibility index (Phi) is 8.86. The van der Waals surface area contributed by atoms with E-state index >= 15 is 0 Å². The minimum atomic E-state index is -2.33. The van der Waals surface area contributed by atoms with Crippen LogP contribution in [0, 0.1) is 46.9 Å². The molecule has 0 aromatic heterocycles. The second kappa shape index (κ2) is 4.79. The largest absolute Gasteiger partial charge is 2.00 e. The summed E-state index contributed by atoms with van der Waals surface area (Å²) in [6, 6.07) is 0. The van der Waals surface area contributed by atoms with Gasteiger partial charge in [-0.3, -0.25) is 0 Å². The predicted octanol–water partition coefficient (Wildman–Crippen LogP) is -2.45. The van der Waals surface area contributed by atoms with Gasteiger partial charge in [-0.15, -0.1) is 0 Å².